The van der Waals surface area contributed by atoms with Crippen LogP contribution in [0.1, 0.15) is 123 Å². The molecule has 0 aromatic heterocycles. The molecule has 0 heterocycles. The van der Waals surface area contributed by atoms with E-state index in [1.165, 1.54) is 96.8 Å². The molecule has 0 rings (SSSR count). The van der Waals surface area contributed by atoms with E-state index in [0.717, 1.165) is 12.8 Å². The van der Waals surface area contributed by atoms with Gasteiger partial charge < -0.3 is 10.2 Å². The molecule has 0 aliphatic heterocycles. The fraction of sp³-hybridized carbons (Fsp3) is 1.00. The van der Waals surface area contributed by atoms with Crippen molar-refractivity contribution < 1.29 is 10.2 Å². The summed E-state index contributed by atoms with van der Waals surface area (Å²) in [6.07, 6.45) is 22.3. The maximum absolute atomic E-state index is 9.34. The Morgan fingerprint density at radius 3 is 1.21 bits per heavy atom. The van der Waals surface area contributed by atoms with E-state index in [0.29, 0.717) is 6.42 Å². The minimum atomic E-state index is -1.74. The molecule has 146 valence electrons. The number of halogens is 1. The SMILES string of the molecule is CCCCCCCCCCCCCCCCCCC(Cl)C(C)(O)O. The fourth-order valence-electron chi connectivity index (χ4n) is 3.15. The largest absolute Gasteiger partial charge is 0.365 e. The normalized spacial score (nSPS) is 13.4. The summed E-state index contributed by atoms with van der Waals surface area (Å²) in [6.45, 7) is 3.63. The molecule has 0 spiro atoms. The Morgan fingerprint density at radius 1 is 0.625 bits per heavy atom. The average molecular weight is 363 g/mol. The van der Waals surface area contributed by atoms with Gasteiger partial charge in [-0.3, -0.25) is 0 Å². The van der Waals surface area contributed by atoms with Gasteiger partial charge in [0.2, 0.25) is 0 Å². The van der Waals surface area contributed by atoms with Gasteiger partial charge in [0.05, 0.1) is 5.38 Å². The maximum atomic E-state index is 9.34. The van der Waals surface area contributed by atoms with Crippen LogP contribution in [0.15, 0.2) is 0 Å². The first-order valence-corrected chi connectivity index (χ1v) is 11.0. The lowest BCUT2D eigenvalue weighted by Crippen LogP contribution is -2.34. The second kappa shape index (κ2) is 16.7. The first-order valence-electron chi connectivity index (χ1n) is 10.6. The highest BCUT2D eigenvalue weighted by Gasteiger charge is 2.26. The van der Waals surface area contributed by atoms with E-state index in [4.69, 9.17) is 11.6 Å². The standard InChI is InChI=1S/C21H43ClO2/c1-3-4-5-6-7-8-9-10-11-12-13-14-15-16-17-18-19-20(22)21(2,23)24/h20,23-24H,3-19H2,1-2H3. The Bertz CT molecular complexity index is 251. The van der Waals surface area contributed by atoms with Gasteiger partial charge in [-0.1, -0.05) is 110 Å². The van der Waals surface area contributed by atoms with E-state index in [2.05, 4.69) is 6.92 Å². The van der Waals surface area contributed by atoms with Gasteiger partial charge >= 0.3 is 0 Å². The minimum absolute atomic E-state index is 0.552. The van der Waals surface area contributed by atoms with Gasteiger partial charge in [-0.05, 0) is 13.3 Å². The third-order valence-electron chi connectivity index (χ3n) is 4.90. The van der Waals surface area contributed by atoms with Crippen LogP contribution in [-0.2, 0) is 0 Å². The van der Waals surface area contributed by atoms with Gasteiger partial charge in [0, 0.05) is 0 Å². The van der Waals surface area contributed by atoms with Gasteiger partial charge in [-0.15, -0.1) is 11.6 Å². The molecule has 0 aliphatic carbocycles. The minimum Gasteiger partial charge on any atom is -0.365 e. The number of rotatable bonds is 18. The first-order chi connectivity index (χ1) is 11.5. The molecule has 24 heavy (non-hydrogen) atoms. The van der Waals surface area contributed by atoms with E-state index < -0.39 is 11.2 Å². The molecule has 0 radical (unpaired) electrons. The molecule has 2 N–H and O–H groups in total. The Hall–Kier alpha value is 0.210. The van der Waals surface area contributed by atoms with Gasteiger partial charge in [-0.2, -0.15) is 0 Å². The lowest BCUT2D eigenvalue weighted by Gasteiger charge is -2.21. The molecule has 1 unspecified atom stereocenters. The van der Waals surface area contributed by atoms with Crippen molar-refractivity contribution in [3.8, 4) is 0 Å². The third-order valence-corrected chi connectivity index (χ3v) is 5.54. The number of alkyl halides is 1. The van der Waals surface area contributed by atoms with Gasteiger partial charge in [0.1, 0.15) is 0 Å². The van der Waals surface area contributed by atoms with E-state index in [9.17, 15) is 10.2 Å². The number of unbranched alkanes of at least 4 members (excludes halogenated alkanes) is 15. The first kappa shape index (κ1) is 24.2. The molecule has 0 aromatic rings. The monoisotopic (exact) mass is 362 g/mol. The smallest absolute Gasteiger partial charge is 0.176 e. The summed E-state index contributed by atoms with van der Waals surface area (Å²) in [7, 11) is 0. The fourth-order valence-corrected chi connectivity index (χ4v) is 3.30. The molecular formula is C21H43ClO2. The van der Waals surface area contributed by atoms with E-state index in [1.807, 2.05) is 0 Å². The molecule has 0 amide bonds. The lowest BCUT2D eigenvalue weighted by atomic mass is 10.0. The zero-order valence-corrected chi connectivity index (χ0v) is 17.1. The van der Waals surface area contributed by atoms with Crippen molar-refractivity contribution in [3.63, 3.8) is 0 Å². The van der Waals surface area contributed by atoms with Crippen LogP contribution in [0.4, 0.5) is 0 Å². The predicted octanol–water partition coefficient (Wildman–Crippen LogP) is 6.95. The highest BCUT2D eigenvalue weighted by atomic mass is 35.5. The van der Waals surface area contributed by atoms with Crippen LogP contribution in [0.3, 0.4) is 0 Å². The zero-order chi connectivity index (χ0) is 18.1. The zero-order valence-electron chi connectivity index (χ0n) is 16.4. The average Bonchev–Trinajstić information content (AvgIpc) is 2.53. The third kappa shape index (κ3) is 17.0. The van der Waals surface area contributed by atoms with Crippen molar-refractivity contribution in [2.45, 2.75) is 134 Å². The summed E-state index contributed by atoms with van der Waals surface area (Å²) in [5.41, 5.74) is 0. The van der Waals surface area contributed by atoms with E-state index in [1.54, 1.807) is 0 Å². The molecule has 0 bridgehead atoms. The molecule has 1 atom stereocenters. The summed E-state index contributed by atoms with van der Waals surface area (Å²) < 4.78 is 0. The molecule has 2 nitrogen and oxygen atoms in total. The Balaban J connectivity index is 3.10. The van der Waals surface area contributed by atoms with Gasteiger partial charge in [0.15, 0.2) is 5.79 Å². The van der Waals surface area contributed by atoms with Crippen LogP contribution in [0, 0.1) is 0 Å². The number of hydrogen-bond acceptors (Lipinski definition) is 2. The van der Waals surface area contributed by atoms with Crippen molar-refractivity contribution in [3.05, 3.63) is 0 Å². The molecule has 0 saturated heterocycles. The quantitative estimate of drug-likeness (QED) is 0.157. The van der Waals surface area contributed by atoms with Crippen LogP contribution in [0.25, 0.3) is 0 Å². The van der Waals surface area contributed by atoms with Crippen LogP contribution >= 0.6 is 11.6 Å². The van der Waals surface area contributed by atoms with Gasteiger partial charge in [0.25, 0.3) is 0 Å². The topological polar surface area (TPSA) is 40.5 Å². The Kier molecular flexibility index (Phi) is 16.8. The molecule has 0 aromatic carbocycles. The molecule has 0 fully saturated rings. The summed E-state index contributed by atoms with van der Waals surface area (Å²) in [6, 6.07) is 0. The van der Waals surface area contributed by atoms with Crippen molar-refractivity contribution in [2.75, 3.05) is 0 Å². The van der Waals surface area contributed by atoms with Crippen LogP contribution < -0.4 is 0 Å². The van der Waals surface area contributed by atoms with Crippen molar-refractivity contribution >= 4 is 11.6 Å². The molecule has 3 heteroatoms. The molecule has 0 aliphatic rings. The van der Waals surface area contributed by atoms with Crippen molar-refractivity contribution in [1.82, 2.24) is 0 Å². The summed E-state index contributed by atoms with van der Waals surface area (Å²) in [5.74, 6) is -1.74. The highest BCUT2D eigenvalue weighted by Crippen LogP contribution is 2.20. The van der Waals surface area contributed by atoms with E-state index in [-0.39, 0.29) is 0 Å². The maximum Gasteiger partial charge on any atom is 0.176 e. The van der Waals surface area contributed by atoms with E-state index >= 15 is 0 Å². The van der Waals surface area contributed by atoms with Crippen LogP contribution in [-0.4, -0.2) is 21.4 Å². The van der Waals surface area contributed by atoms with Crippen molar-refractivity contribution in [1.29, 1.82) is 0 Å². The lowest BCUT2D eigenvalue weighted by molar-refractivity contribution is -0.146. The second-order valence-electron chi connectivity index (χ2n) is 7.65. The van der Waals surface area contributed by atoms with Crippen molar-refractivity contribution in [2.24, 2.45) is 0 Å². The summed E-state index contributed by atoms with van der Waals surface area (Å²) in [4.78, 5) is 0. The van der Waals surface area contributed by atoms with Crippen LogP contribution in [0.5, 0.6) is 0 Å². The Labute approximate surface area is 156 Å². The van der Waals surface area contributed by atoms with Gasteiger partial charge in [-0.25, -0.2) is 0 Å². The summed E-state index contributed by atoms with van der Waals surface area (Å²) >= 11 is 5.92. The Morgan fingerprint density at radius 2 is 0.917 bits per heavy atom. The predicted molar refractivity (Wildman–Crippen MR) is 107 cm³/mol. The second-order valence-corrected chi connectivity index (χ2v) is 8.18. The van der Waals surface area contributed by atoms with Crippen LogP contribution in [0.2, 0.25) is 0 Å². The number of aliphatic hydroxyl groups is 2. The highest BCUT2D eigenvalue weighted by molar-refractivity contribution is 6.21. The number of hydrogen-bond donors (Lipinski definition) is 2. The molecule has 0 saturated carbocycles. The summed E-state index contributed by atoms with van der Waals surface area (Å²) in [5, 5.41) is 18.1. The molecular weight excluding hydrogens is 320 g/mol.